The van der Waals surface area contributed by atoms with Gasteiger partial charge in [0.15, 0.2) is 11.5 Å². The van der Waals surface area contributed by atoms with E-state index in [0.29, 0.717) is 11.3 Å². The minimum absolute atomic E-state index is 0.264. The number of phenolic OH excluding ortho intramolecular Hbond substituents is 2. The Kier molecular flexibility index (Phi) is 4.32. The second kappa shape index (κ2) is 6.60. The van der Waals surface area contributed by atoms with Crippen LogP contribution in [-0.4, -0.2) is 35.2 Å². The van der Waals surface area contributed by atoms with Crippen molar-refractivity contribution >= 4 is 29.6 Å². The fraction of sp³-hybridized carbons (Fsp3) is 0.0556. The Hall–Kier alpha value is -3.81. The third-order valence-corrected chi connectivity index (χ3v) is 3.74. The smallest absolute Gasteiger partial charge is 0.335 e. The number of amides is 4. The van der Waals surface area contributed by atoms with Crippen LogP contribution in [0, 0.1) is 0 Å². The first-order chi connectivity index (χ1) is 12.4. The number of hydrogen-bond donors (Lipinski definition) is 3. The first-order valence-electron chi connectivity index (χ1n) is 7.48. The Morgan fingerprint density at radius 2 is 1.69 bits per heavy atom. The zero-order chi connectivity index (χ0) is 18.8. The molecule has 0 radical (unpaired) electrons. The van der Waals surface area contributed by atoms with E-state index < -0.39 is 23.6 Å². The number of anilines is 1. The number of carbonyl (C=O) groups is 3. The molecule has 26 heavy (non-hydrogen) atoms. The normalized spacial score (nSPS) is 16.0. The number of aromatic hydroxyl groups is 2. The van der Waals surface area contributed by atoms with Crippen LogP contribution in [0.3, 0.4) is 0 Å². The molecule has 0 spiro atoms. The molecule has 4 amide bonds. The zero-order valence-corrected chi connectivity index (χ0v) is 13.6. The molecule has 0 atom stereocenters. The van der Waals surface area contributed by atoms with Crippen molar-refractivity contribution in [2.75, 3.05) is 12.0 Å². The number of hydrogen-bond acceptors (Lipinski definition) is 6. The third-order valence-electron chi connectivity index (χ3n) is 3.74. The van der Waals surface area contributed by atoms with Gasteiger partial charge in [0, 0.05) is 0 Å². The van der Waals surface area contributed by atoms with Gasteiger partial charge in [0.05, 0.1) is 12.8 Å². The van der Waals surface area contributed by atoms with Gasteiger partial charge in [-0.25, -0.2) is 9.69 Å². The van der Waals surface area contributed by atoms with Crippen LogP contribution >= 0.6 is 0 Å². The van der Waals surface area contributed by atoms with Crippen LogP contribution in [-0.2, 0) is 9.59 Å². The van der Waals surface area contributed by atoms with Gasteiger partial charge in [0.2, 0.25) is 0 Å². The van der Waals surface area contributed by atoms with Crippen LogP contribution in [0.2, 0.25) is 0 Å². The molecule has 0 aliphatic carbocycles. The predicted octanol–water partition coefficient (Wildman–Crippen LogP) is 1.77. The van der Waals surface area contributed by atoms with Gasteiger partial charge < -0.3 is 14.9 Å². The van der Waals surface area contributed by atoms with Crippen LogP contribution in [0.1, 0.15) is 5.56 Å². The van der Waals surface area contributed by atoms with Crippen molar-refractivity contribution in [1.82, 2.24) is 5.32 Å². The van der Waals surface area contributed by atoms with Gasteiger partial charge in [0.1, 0.15) is 11.3 Å². The molecule has 0 bridgehead atoms. The Morgan fingerprint density at radius 3 is 2.31 bits per heavy atom. The minimum atomic E-state index is -0.865. The molecule has 3 N–H and O–H groups in total. The maximum Gasteiger partial charge on any atom is 0.335 e. The summed E-state index contributed by atoms with van der Waals surface area (Å²) in [5.74, 6) is -1.84. The molecule has 1 heterocycles. The summed E-state index contributed by atoms with van der Waals surface area (Å²) in [6, 6.07) is 9.14. The van der Waals surface area contributed by atoms with Crippen molar-refractivity contribution in [3.63, 3.8) is 0 Å². The molecule has 0 unspecified atom stereocenters. The van der Waals surface area contributed by atoms with E-state index in [2.05, 4.69) is 5.32 Å². The van der Waals surface area contributed by atoms with Crippen LogP contribution in [0.15, 0.2) is 48.0 Å². The number of carbonyl (C=O) groups excluding carboxylic acids is 3. The van der Waals surface area contributed by atoms with Crippen LogP contribution in [0.4, 0.5) is 10.5 Å². The molecule has 3 rings (SSSR count). The predicted molar refractivity (Wildman–Crippen MR) is 91.8 cm³/mol. The number of methoxy groups -OCH3 is 1. The number of imide groups is 2. The summed E-state index contributed by atoms with van der Waals surface area (Å²) in [6.07, 6.45) is 1.22. The van der Waals surface area contributed by atoms with Crippen molar-refractivity contribution in [2.24, 2.45) is 0 Å². The maximum atomic E-state index is 12.7. The summed E-state index contributed by atoms with van der Waals surface area (Å²) in [4.78, 5) is 37.7. The first kappa shape index (κ1) is 17.0. The summed E-state index contributed by atoms with van der Waals surface area (Å²) in [5.41, 5.74) is 0.286. The molecule has 2 aromatic rings. The average Bonchev–Trinajstić information content (AvgIpc) is 2.62. The molecule has 0 saturated carbocycles. The Labute approximate surface area is 147 Å². The molecular weight excluding hydrogens is 340 g/mol. The van der Waals surface area contributed by atoms with E-state index in [9.17, 15) is 24.6 Å². The second-order valence-electron chi connectivity index (χ2n) is 5.40. The van der Waals surface area contributed by atoms with Crippen LogP contribution in [0.5, 0.6) is 17.2 Å². The molecule has 8 nitrogen and oxygen atoms in total. The largest absolute Gasteiger partial charge is 0.504 e. The highest BCUT2D eigenvalue weighted by atomic mass is 16.5. The van der Waals surface area contributed by atoms with E-state index in [-0.39, 0.29) is 17.0 Å². The minimum Gasteiger partial charge on any atom is -0.504 e. The van der Waals surface area contributed by atoms with Crippen molar-refractivity contribution < 1.29 is 29.3 Å². The summed E-state index contributed by atoms with van der Waals surface area (Å²) in [5, 5.41) is 21.0. The van der Waals surface area contributed by atoms with Crippen molar-refractivity contribution in [1.29, 1.82) is 0 Å². The second-order valence-corrected chi connectivity index (χ2v) is 5.40. The fourth-order valence-corrected chi connectivity index (χ4v) is 2.42. The summed E-state index contributed by atoms with van der Waals surface area (Å²) < 4.78 is 5.03. The van der Waals surface area contributed by atoms with E-state index in [1.807, 2.05) is 0 Å². The summed E-state index contributed by atoms with van der Waals surface area (Å²) in [7, 11) is 1.49. The number of rotatable bonds is 3. The first-order valence-corrected chi connectivity index (χ1v) is 7.48. The molecule has 1 saturated heterocycles. The zero-order valence-electron chi connectivity index (χ0n) is 13.6. The lowest BCUT2D eigenvalue weighted by atomic mass is 10.1. The Morgan fingerprint density at radius 1 is 1.00 bits per heavy atom. The summed E-state index contributed by atoms with van der Waals surface area (Å²) in [6.45, 7) is 0. The van der Waals surface area contributed by atoms with E-state index in [4.69, 9.17) is 4.74 Å². The van der Waals surface area contributed by atoms with Crippen LogP contribution in [0.25, 0.3) is 6.08 Å². The van der Waals surface area contributed by atoms with Crippen molar-refractivity contribution in [2.45, 2.75) is 0 Å². The number of nitrogens with one attached hydrogen (secondary N) is 1. The highest BCUT2D eigenvalue weighted by Crippen LogP contribution is 2.28. The molecule has 0 aromatic heterocycles. The molecular formula is C18H14N2O6. The van der Waals surface area contributed by atoms with Crippen molar-refractivity contribution in [3.8, 4) is 17.2 Å². The number of phenols is 2. The highest BCUT2D eigenvalue weighted by molar-refractivity contribution is 6.39. The number of benzene rings is 2. The van der Waals surface area contributed by atoms with Crippen LogP contribution < -0.4 is 15.0 Å². The van der Waals surface area contributed by atoms with Gasteiger partial charge >= 0.3 is 6.03 Å². The molecule has 1 aliphatic rings. The highest BCUT2D eigenvalue weighted by Gasteiger charge is 2.36. The van der Waals surface area contributed by atoms with Gasteiger partial charge in [-0.2, -0.15) is 0 Å². The average molecular weight is 354 g/mol. The lowest BCUT2D eigenvalue weighted by Gasteiger charge is -2.26. The van der Waals surface area contributed by atoms with E-state index in [0.717, 1.165) is 4.90 Å². The van der Waals surface area contributed by atoms with E-state index in [1.165, 1.54) is 43.5 Å². The van der Waals surface area contributed by atoms with Crippen molar-refractivity contribution in [3.05, 3.63) is 53.6 Å². The van der Waals surface area contributed by atoms with E-state index in [1.54, 1.807) is 12.1 Å². The molecule has 1 aliphatic heterocycles. The number of urea groups is 1. The van der Waals surface area contributed by atoms with Gasteiger partial charge in [-0.3, -0.25) is 14.9 Å². The lowest BCUT2D eigenvalue weighted by Crippen LogP contribution is -2.54. The standard InChI is InChI=1S/C18H14N2O6/c1-26-12-5-3-11(4-6-12)20-17(24)13(16(23)19-18(20)25)8-10-2-7-14(21)15(22)9-10/h2-9,21-22H,1H3,(H,19,23,25)/b13-8+. The lowest BCUT2D eigenvalue weighted by molar-refractivity contribution is -0.122. The Bertz CT molecular complexity index is 933. The molecule has 8 heteroatoms. The SMILES string of the molecule is COc1ccc(N2C(=O)NC(=O)/C(=C\c3ccc(O)c(O)c3)C2=O)cc1. The molecule has 2 aromatic carbocycles. The van der Waals surface area contributed by atoms with Gasteiger partial charge in [0.25, 0.3) is 11.8 Å². The number of ether oxygens (including phenoxy) is 1. The van der Waals surface area contributed by atoms with Gasteiger partial charge in [-0.15, -0.1) is 0 Å². The third kappa shape index (κ3) is 3.07. The van der Waals surface area contributed by atoms with Gasteiger partial charge in [-0.1, -0.05) is 6.07 Å². The number of barbiturate groups is 1. The van der Waals surface area contributed by atoms with Gasteiger partial charge in [-0.05, 0) is 48.0 Å². The van der Waals surface area contributed by atoms with E-state index >= 15 is 0 Å². The quantitative estimate of drug-likeness (QED) is 0.439. The fourth-order valence-electron chi connectivity index (χ4n) is 2.42. The monoisotopic (exact) mass is 354 g/mol. The maximum absolute atomic E-state index is 12.7. The Balaban J connectivity index is 1.99. The molecule has 1 fully saturated rings. The number of nitrogens with zero attached hydrogens (tertiary/aromatic N) is 1. The molecule has 132 valence electrons. The summed E-state index contributed by atoms with van der Waals surface area (Å²) >= 11 is 0. The topological polar surface area (TPSA) is 116 Å².